The number of hydrogen-bond donors (Lipinski definition) is 2. The van der Waals surface area contributed by atoms with Crippen LogP contribution in [0.4, 0.5) is 0 Å². The van der Waals surface area contributed by atoms with Gasteiger partial charge in [-0.2, -0.15) is 0 Å². The molecule has 0 heterocycles. The molecule has 0 fully saturated rings. The highest BCUT2D eigenvalue weighted by Crippen LogP contribution is 2.13. The van der Waals surface area contributed by atoms with Crippen molar-refractivity contribution in [1.29, 1.82) is 0 Å². The summed E-state index contributed by atoms with van der Waals surface area (Å²) in [5.41, 5.74) is 3.82. The topological polar surface area (TPSA) is 66.4 Å². The maximum Gasteiger partial charge on any atom is 0.267 e. The van der Waals surface area contributed by atoms with E-state index in [0.717, 1.165) is 15.6 Å². The Morgan fingerprint density at radius 1 is 0.957 bits per heavy atom. The number of ketones is 1. The van der Waals surface area contributed by atoms with Gasteiger partial charge in [0, 0.05) is 16.1 Å². The number of rotatable bonds is 5. The minimum atomic E-state index is -0.589. The van der Waals surface area contributed by atoms with Crippen LogP contribution in [0, 0.1) is 0 Å². The van der Waals surface area contributed by atoms with Crippen LogP contribution in [0.3, 0.4) is 0 Å². The molecule has 0 aliphatic heterocycles. The molecule has 0 saturated carbocycles. The van der Waals surface area contributed by atoms with Crippen LogP contribution in [0.25, 0.3) is 12.2 Å². The van der Waals surface area contributed by atoms with Gasteiger partial charge in [-0.15, -0.1) is 0 Å². The van der Waals surface area contributed by atoms with Gasteiger partial charge in [-0.25, -0.2) is 5.48 Å². The van der Waals surface area contributed by atoms with E-state index in [0.29, 0.717) is 5.56 Å². The van der Waals surface area contributed by atoms with Crippen molar-refractivity contribution in [3.8, 4) is 0 Å². The van der Waals surface area contributed by atoms with Gasteiger partial charge in [-0.3, -0.25) is 14.8 Å². The third-order valence-electron chi connectivity index (χ3n) is 3.01. The van der Waals surface area contributed by atoms with E-state index in [1.807, 2.05) is 36.4 Å². The second kappa shape index (κ2) is 8.22. The molecule has 0 unspecified atom stereocenters. The van der Waals surface area contributed by atoms with Crippen LogP contribution in [0.15, 0.2) is 65.2 Å². The second-order valence-corrected chi connectivity index (χ2v) is 5.60. The quantitative estimate of drug-likeness (QED) is 0.363. The molecule has 0 aromatic heterocycles. The predicted octanol–water partition coefficient (Wildman–Crippen LogP) is 3.86. The van der Waals surface area contributed by atoms with Crippen LogP contribution in [-0.2, 0) is 4.79 Å². The zero-order chi connectivity index (χ0) is 16.7. The first-order valence-corrected chi connectivity index (χ1v) is 7.58. The number of hydrogen-bond acceptors (Lipinski definition) is 3. The number of carbonyl (C=O) groups is 2. The normalized spacial score (nSPS) is 11.0. The van der Waals surface area contributed by atoms with Gasteiger partial charge >= 0.3 is 0 Å². The van der Waals surface area contributed by atoms with Gasteiger partial charge in [-0.1, -0.05) is 58.4 Å². The van der Waals surface area contributed by atoms with E-state index in [9.17, 15) is 9.59 Å². The number of carbonyl (C=O) groups excluding carboxylic acids is 2. The Kier molecular flexibility index (Phi) is 6.02. The molecule has 116 valence electrons. The van der Waals surface area contributed by atoms with E-state index >= 15 is 0 Å². The van der Waals surface area contributed by atoms with Crippen molar-refractivity contribution in [2.45, 2.75) is 0 Å². The molecular formula is C18H14BrNO3. The average Bonchev–Trinajstić information content (AvgIpc) is 2.58. The first-order valence-electron chi connectivity index (χ1n) is 6.78. The molecule has 0 aliphatic carbocycles. The third kappa shape index (κ3) is 5.32. The van der Waals surface area contributed by atoms with Gasteiger partial charge in [0.2, 0.25) is 0 Å². The molecule has 2 aromatic carbocycles. The Labute approximate surface area is 142 Å². The van der Waals surface area contributed by atoms with Gasteiger partial charge in [0.25, 0.3) is 5.91 Å². The van der Waals surface area contributed by atoms with Crippen LogP contribution in [-0.4, -0.2) is 16.9 Å². The highest BCUT2D eigenvalue weighted by molar-refractivity contribution is 9.10. The molecule has 1 amide bonds. The second-order valence-electron chi connectivity index (χ2n) is 4.68. The first-order chi connectivity index (χ1) is 11.1. The molecule has 2 aromatic rings. The van der Waals surface area contributed by atoms with Crippen molar-refractivity contribution >= 4 is 39.8 Å². The van der Waals surface area contributed by atoms with Gasteiger partial charge in [0.05, 0.1) is 0 Å². The van der Waals surface area contributed by atoms with E-state index < -0.39 is 5.91 Å². The standard InChI is InChI=1S/C18H14BrNO3/c19-16-3-1-2-15(12-16)17(21)10-8-13-4-6-14(7-5-13)9-11-18(22)20-23/h1-12,23H,(H,20,22). The lowest BCUT2D eigenvalue weighted by Crippen LogP contribution is -2.14. The summed E-state index contributed by atoms with van der Waals surface area (Å²) >= 11 is 3.34. The maximum atomic E-state index is 12.1. The maximum absolute atomic E-state index is 12.1. The smallest absolute Gasteiger partial charge is 0.267 e. The van der Waals surface area contributed by atoms with E-state index in [4.69, 9.17) is 5.21 Å². The van der Waals surface area contributed by atoms with Crippen LogP contribution in [0.1, 0.15) is 21.5 Å². The van der Waals surface area contributed by atoms with E-state index in [-0.39, 0.29) is 5.78 Å². The molecule has 0 radical (unpaired) electrons. The fourth-order valence-electron chi connectivity index (χ4n) is 1.84. The summed E-state index contributed by atoms with van der Waals surface area (Å²) in [5, 5.41) is 8.40. The van der Waals surface area contributed by atoms with Crippen molar-refractivity contribution in [3.63, 3.8) is 0 Å². The van der Waals surface area contributed by atoms with Gasteiger partial charge in [-0.05, 0) is 35.4 Å². The summed E-state index contributed by atoms with van der Waals surface area (Å²) in [6.07, 6.45) is 6.05. The molecule has 0 bridgehead atoms. The molecule has 0 aliphatic rings. The summed E-state index contributed by atoms with van der Waals surface area (Å²) in [7, 11) is 0. The summed E-state index contributed by atoms with van der Waals surface area (Å²) in [5.74, 6) is -0.663. The van der Waals surface area contributed by atoms with Crippen molar-refractivity contribution in [1.82, 2.24) is 5.48 Å². The third-order valence-corrected chi connectivity index (χ3v) is 3.50. The molecule has 5 heteroatoms. The number of hydroxylamine groups is 1. The lowest BCUT2D eigenvalue weighted by atomic mass is 10.1. The first kappa shape index (κ1) is 16.9. The Balaban J connectivity index is 2.04. The van der Waals surface area contributed by atoms with E-state index in [1.165, 1.54) is 17.6 Å². The summed E-state index contributed by atoms with van der Waals surface area (Å²) < 4.78 is 0.861. The SMILES string of the molecule is O=C(C=Cc1ccc(C=CC(=O)c2cccc(Br)c2)cc1)NO. The largest absolute Gasteiger partial charge is 0.289 e. The van der Waals surface area contributed by atoms with Crippen molar-refractivity contribution < 1.29 is 14.8 Å². The zero-order valence-electron chi connectivity index (χ0n) is 12.1. The Bertz CT molecular complexity index is 764. The van der Waals surface area contributed by atoms with Gasteiger partial charge < -0.3 is 0 Å². The van der Waals surface area contributed by atoms with Crippen LogP contribution in [0.2, 0.25) is 0 Å². The Morgan fingerprint density at radius 2 is 1.57 bits per heavy atom. The van der Waals surface area contributed by atoms with Gasteiger partial charge in [0.1, 0.15) is 0 Å². The minimum absolute atomic E-state index is 0.0742. The highest BCUT2D eigenvalue weighted by atomic mass is 79.9. The number of amides is 1. The lowest BCUT2D eigenvalue weighted by Gasteiger charge is -1.98. The molecule has 4 nitrogen and oxygen atoms in total. The zero-order valence-corrected chi connectivity index (χ0v) is 13.7. The molecule has 23 heavy (non-hydrogen) atoms. The Morgan fingerprint density at radius 3 is 2.13 bits per heavy atom. The van der Waals surface area contributed by atoms with Gasteiger partial charge in [0.15, 0.2) is 5.78 Å². The van der Waals surface area contributed by atoms with Crippen molar-refractivity contribution in [2.75, 3.05) is 0 Å². The van der Waals surface area contributed by atoms with Crippen molar-refractivity contribution in [3.05, 3.63) is 81.8 Å². The minimum Gasteiger partial charge on any atom is -0.289 e. The fourth-order valence-corrected chi connectivity index (χ4v) is 2.24. The molecular weight excluding hydrogens is 358 g/mol. The predicted molar refractivity (Wildman–Crippen MR) is 92.9 cm³/mol. The lowest BCUT2D eigenvalue weighted by molar-refractivity contribution is -0.124. The monoisotopic (exact) mass is 371 g/mol. The number of nitrogens with one attached hydrogen (secondary N) is 1. The highest BCUT2D eigenvalue weighted by Gasteiger charge is 2.01. The van der Waals surface area contributed by atoms with Crippen molar-refractivity contribution in [2.24, 2.45) is 0 Å². The number of allylic oxidation sites excluding steroid dienone is 1. The molecule has 0 saturated heterocycles. The van der Waals surface area contributed by atoms with Crippen LogP contribution in [0.5, 0.6) is 0 Å². The number of halogens is 1. The summed E-state index contributed by atoms with van der Waals surface area (Å²) in [6.45, 7) is 0. The van der Waals surface area contributed by atoms with E-state index in [2.05, 4.69) is 15.9 Å². The Hall–Kier alpha value is -2.50. The molecule has 0 atom stereocenters. The van der Waals surface area contributed by atoms with E-state index in [1.54, 1.807) is 24.3 Å². The van der Waals surface area contributed by atoms with Crippen LogP contribution >= 0.6 is 15.9 Å². The fraction of sp³-hybridized carbons (Fsp3) is 0. The summed E-state index contributed by atoms with van der Waals surface area (Å²) in [4.78, 5) is 22.9. The molecule has 2 N–H and O–H groups in total. The summed E-state index contributed by atoms with van der Waals surface area (Å²) in [6, 6.07) is 14.5. The van der Waals surface area contributed by atoms with Crippen LogP contribution < -0.4 is 5.48 Å². The molecule has 2 rings (SSSR count). The average molecular weight is 372 g/mol. The molecule has 0 spiro atoms. The number of benzene rings is 2.